The van der Waals surface area contributed by atoms with Crippen molar-refractivity contribution in [1.82, 2.24) is 0 Å². The van der Waals surface area contributed by atoms with E-state index in [4.69, 9.17) is 17.0 Å². The van der Waals surface area contributed by atoms with Gasteiger partial charge in [0.1, 0.15) is 0 Å². The first-order valence-corrected chi connectivity index (χ1v) is 15.3. The van der Waals surface area contributed by atoms with Gasteiger partial charge in [0.15, 0.2) is 0 Å². The summed E-state index contributed by atoms with van der Waals surface area (Å²) in [5.74, 6) is 4.19. The molecular weight excluding hydrogens is 426 g/mol. The van der Waals surface area contributed by atoms with Gasteiger partial charge in [-0.05, 0) is 60.7 Å². The fourth-order valence-corrected chi connectivity index (χ4v) is 5.40. The van der Waals surface area contributed by atoms with Gasteiger partial charge >= 0.3 is 37.9 Å². The Bertz CT molecular complexity index is 435. The van der Waals surface area contributed by atoms with E-state index in [1.165, 1.54) is 38.5 Å². The molecule has 0 N–H and O–H groups in total. The summed E-state index contributed by atoms with van der Waals surface area (Å²) in [6.45, 7) is 9.11. The Kier molecular flexibility index (Phi) is 12.5. The van der Waals surface area contributed by atoms with E-state index in [9.17, 15) is 0 Å². The van der Waals surface area contributed by atoms with E-state index < -0.39 is 20.8 Å². The molecule has 3 aliphatic rings. The number of fused-ring (bicyclic) bond motifs is 1. The van der Waals surface area contributed by atoms with E-state index in [0.717, 1.165) is 29.6 Å². The van der Waals surface area contributed by atoms with Crippen LogP contribution in [0.15, 0.2) is 37.0 Å². The zero-order chi connectivity index (χ0) is 16.9. The number of hydrogen-bond acceptors (Lipinski definition) is 0. The van der Waals surface area contributed by atoms with Crippen LogP contribution in [0.2, 0.25) is 0 Å². The molecule has 0 amide bonds. The predicted octanol–water partition coefficient (Wildman–Crippen LogP) is 8.05. The summed E-state index contributed by atoms with van der Waals surface area (Å²) in [6, 6.07) is 0. The summed E-state index contributed by atoms with van der Waals surface area (Å²) in [5.41, 5.74) is 0.505. The molecule has 4 unspecified atom stereocenters. The first-order chi connectivity index (χ1) is 11.1. The summed E-state index contributed by atoms with van der Waals surface area (Å²) in [7, 11) is 9.87. The van der Waals surface area contributed by atoms with Gasteiger partial charge < -0.3 is 14.9 Å². The zero-order valence-electron chi connectivity index (χ0n) is 16.5. The Labute approximate surface area is 176 Å². The summed E-state index contributed by atoms with van der Waals surface area (Å²) in [4.78, 5) is 0. The Morgan fingerprint density at radius 1 is 1.08 bits per heavy atom. The molecule has 3 rings (SSSR count). The van der Waals surface area contributed by atoms with Crippen LogP contribution in [-0.4, -0.2) is 0 Å². The van der Waals surface area contributed by atoms with Crippen LogP contribution in [0, 0.1) is 49.9 Å². The van der Waals surface area contributed by atoms with Crippen LogP contribution < -0.4 is 0 Å². The molecule has 4 atom stereocenters. The molecule has 2 fully saturated rings. The standard InChI is InChI=1S/C20H30.2CH3.2ClH.Zr/c1-4-9-15-14-19(18-13-8-7-12-17(15)18)20(2,3)16-10-5-6-11-16;;;;;/h4,7-8,12-13,15-19H,1,5-6,9-11,14H2,2-3H3;2*1H3;2*1H;/q;2*-1;;;+4/p-2. The van der Waals surface area contributed by atoms with E-state index in [-0.39, 0.29) is 14.9 Å². The normalized spacial score (nSPS) is 30.2. The fourth-order valence-electron chi connectivity index (χ4n) is 5.40. The van der Waals surface area contributed by atoms with Gasteiger partial charge in [-0.15, -0.1) is 6.58 Å². The second kappa shape index (κ2) is 12.2. The molecule has 0 spiro atoms. The van der Waals surface area contributed by atoms with Gasteiger partial charge in [0.25, 0.3) is 0 Å². The van der Waals surface area contributed by atoms with Gasteiger partial charge in [0.05, 0.1) is 0 Å². The van der Waals surface area contributed by atoms with E-state index in [1.807, 2.05) is 0 Å². The van der Waals surface area contributed by atoms with Crippen LogP contribution >= 0.6 is 17.0 Å². The second-order valence-electron chi connectivity index (χ2n) is 7.93. The second-order valence-corrected chi connectivity index (χ2v) is 11.7. The van der Waals surface area contributed by atoms with Crippen molar-refractivity contribution in [2.75, 3.05) is 0 Å². The maximum absolute atomic E-state index is 4.93. The molecule has 2 saturated carbocycles. The summed E-state index contributed by atoms with van der Waals surface area (Å²) in [5, 5.41) is 0. The minimum atomic E-state index is -0.826. The van der Waals surface area contributed by atoms with Crippen LogP contribution in [0.3, 0.4) is 0 Å². The maximum atomic E-state index is 4.93. The van der Waals surface area contributed by atoms with Crippen molar-refractivity contribution in [2.24, 2.45) is 35.0 Å². The molecule has 0 aromatic carbocycles. The van der Waals surface area contributed by atoms with Gasteiger partial charge in [-0.3, -0.25) is 0 Å². The van der Waals surface area contributed by atoms with E-state index >= 15 is 0 Å². The molecule has 0 bridgehead atoms. The third-order valence-electron chi connectivity index (χ3n) is 6.62. The predicted molar refractivity (Wildman–Crippen MR) is 112 cm³/mol. The number of hydrogen-bond donors (Lipinski definition) is 0. The number of allylic oxidation sites excluding steroid dienone is 5. The first kappa shape index (κ1) is 25.7. The average Bonchev–Trinajstić information content (AvgIpc) is 3.17. The van der Waals surface area contributed by atoms with Crippen LogP contribution in [0.5, 0.6) is 0 Å². The van der Waals surface area contributed by atoms with Crippen LogP contribution in [0.1, 0.15) is 52.4 Å². The summed E-state index contributed by atoms with van der Waals surface area (Å²) < 4.78 is 0. The van der Waals surface area contributed by atoms with E-state index in [0.29, 0.717) is 5.41 Å². The minimum absolute atomic E-state index is 0. The van der Waals surface area contributed by atoms with Gasteiger partial charge in [-0.1, -0.05) is 57.1 Å². The molecule has 25 heavy (non-hydrogen) atoms. The SMILES string of the molecule is C=CCC1CC(C(C)(C)C2CCCC2)C2C=CC=CC12.[CH3-].[CH3-].[Cl][Zr+2][Cl]. The number of rotatable bonds is 4. The third kappa shape index (κ3) is 6.09. The van der Waals surface area contributed by atoms with Crippen molar-refractivity contribution in [1.29, 1.82) is 0 Å². The molecule has 0 aromatic rings. The zero-order valence-corrected chi connectivity index (χ0v) is 20.4. The van der Waals surface area contributed by atoms with Gasteiger partial charge in [-0.25, -0.2) is 0 Å². The molecule has 0 aromatic heterocycles. The van der Waals surface area contributed by atoms with E-state index in [2.05, 4.69) is 50.8 Å². The molecule has 0 nitrogen and oxygen atoms in total. The molecule has 142 valence electrons. The first-order valence-electron chi connectivity index (χ1n) is 8.98. The molecule has 0 heterocycles. The van der Waals surface area contributed by atoms with Crippen molar-refractivity contribution in [3.05, 3.63) is 51.8 Å². The van der Waals surface area contributed by atoms with Crippen molar-refractivity contribution in [2.45, 2.75) is 52.4 Å². The van der Waals surface area contributed by atoms with Crippen molar-refractivity contribution in [3.63, 3.8) is 0 Å². The monoisotopic (exact) mass is 460 g/mol. The Balaban J connectivity index is 0.00000108. The molecule has 0 radical (unpaired) electrons. The Morgan fingerprint density at radius 3 is 2.12 bits per heavy atom. The molecular formula is C22H36Cl2Zr. The van der Waals surface area contributed by atoms with Crippen LogP contribution in [0.4, 0.5) is 0 Å². The van der Waals surface area contributed by atoms with Crippen molar-refractivity contribution < 1.29 is 20.8 Å². The number of halogens is 2. The fraction of sp³-hybridized carbons (Fsp3) is 0.636. The van der Waals surface area contributed by atoms with Crippen LogP contribution in [-0.2, 0) is 20.8 Å². The molecule has 0 aliphatic heterocycles. The Hall–Kier alpha value is 0.683. The van der Waals surface area contributed by atoms with Gasteiger partial charge in [-0.2, -0.15) is 0 Å². The topological polar surface area (TPSA) is 0 Å². The summed E-state index contributed by atoms with van der Waals surface area (Å²) in [6.07, 6.45) is 20.1. The van der Waals surface area contributed by atoms with Gasteiger partial charge in [0, 0.05) is 0 Å². The van der Waals surface area contributed by atoms with Crippen molar-refractivity contribution >= 4 is 17.0 Å². The quantitative estimate of drug-likeness (QED) is 0.293. The molecule has 3 heteroatoms. The summed E-state index contributed by atoms with van der Waals surface area (Å²) >= 11 is -0.826. The Morgan fingerprint density at radius 2 is 1.60 bits per heavy atom. The third-order valence-corrected chi connectivity index (χ3v) is 6.62. The van der Waals surface area contributed by atoms with E-state index in [1.54, 1.807) is 0 Å². The average molecular weight is 463 g/mol. The van der Waals surface area contributed by atoms with Crippen molar-refractivity contribution in [3.8, 4) is 0 Å². The van der Waals surface area contributed by atoms with Crippen LogP contribution in [0.25, 0.3) is 0 Å². The molecule has 3 aliphatic carbocycles. The molecule has 0 saturated heterocycles. The van der Waals surface area contributed by atoms with Gasteiger partial charge in [0.2, 0.25) is 0 Å².